The molecule has 9 heteroatoms. The van der Waals surface area contributed by atoms with Crippen LogP contribution in [-0.4, -0.2) is 49.3 Å². The molecule has 2 amide bonds. The lowest BCUT2D eigenvalue weighted by atomic mass is 10.2. The van der Waals surface area contributed by atoms with Gasteiger partial charge in [0.05, 0.1) is 5.25 Å². The number of sulfonamides is 1. The van der Waals surface area contributed by atoms with Crippen molar-refractivity contribution in [1.82, 2.24) is 10.0 Å². The zero-order valence-electron chi connectivity index (χ0n) is 13.9. The minimum absolute atomic E-state index is 0.305. The standard InChI is InChI=1S/C13H26N2O5S2/c1-9(2)22(18,19)15-11(16)10(7-8-21-6)14-12(17)20-13(3,4)5/h9-10H,7-8H2,1-6H3,(H,14,17)(H,15,16)/t10-/m0/s1. The second-order valence-corrected chi connectivity index (χ2v) is 9.26. The van der Waals surface area contributed by atoms with Crippen molar-refractivity contribution < 1.29 is 22.7 Å². The van der Waals surface area contributed by atoms with Gasteiger partial charge in [-0.25, -0.2) is 13.2 Å². The Labute approximate surface area is 137 Å². The van der Waals surface area contributed by atoms with E-state index in [0.29, 0.717) is 12.2 Å². The van der Waals surface area contributed by atoms with Crippen LogP contribution in [0.25, 0.3) is 0 Å². The summed E-state index contributed by atoms with van der Waals surface area (Å²) in [7, 11) is -3.74. The van der Waals surface area contributed by atoms with E-state index >= 15 is 0 Å². The largest absolute Gasteiger partial charge is 0.444 e. The molecule has 0 aliphatic rings. The molecule has 0 saturated heterocycles. The second-order valence-electron chi connectivity index (χ2n) is 6.04. The number of thioether (sulfide) groups is 1. The highest BCUT2D eigenvalue weighted by atomic mass is 32.2. The Kier molecular flexibility index (Phi) is 8.24. The van der Waals surface area contributed by atoms with Gasteiger partial charge in [0.1, 0.15) is 11.6 Å². The molecule has 0 radical (unpaired) electrons. The van der Waals surface area contributed by atoms with Crippen LogP contribution in [0, 0.1) is 0 Å². The van der Waals surface area contributed by atoms with Gasteiger partial charge in [0.15, 0.2) is 0 Å². The Hall–Kier alpha value is -0.960. The molecule has 0 rings (SSSR count). The van der Waals surface area contributed by atoms with E-state index in [-0.39, 0.29) is 0 Å². The van der Waals surface area contributed by atoms with Gasteiger partial charge in [0.2, 0.25) is 10.0 Å². The van der Waals surface area contributed by atoms with Crippen LogP contribution in [0.1, 0.15) is 41.0 Å². The molecule has 0 aliphatic heterocycles. The first kappa shape index (κ1) is 21.0. The number of carbonyl (C=O) groups excluding carboxylic acids is 2. The monoisotopic (exact) mass is 354 g/mol. The molecule has 0 aromatic heterocycles. The third kappa shape index (κ3) is 8.47. The third-order valence-electron chi connectivity index (χ3n) is 2.48. The number of amides is 2. The van der Waals surface area contributed by atoms with Gasteiger partial charge in [0.25, 0.3) is 5.91 Å². The van der Waals surface area contributed by atoms with E-state index < -0.39 is 38.9 Å². The fourth-order valence-electron chi connectivity index (χ4n) is 1.28. The number of rotatable bonds is 7. The van der Waals surface area contributed by atoms with Gasteiger partial charge in [0, 0.05) is 0 Å². The highest BCUT2D eigenvalue weighted by Gasteiger charge is 2.28. The lowest BCUT2D eigenvalue weighted by Crippen LogP contribution is -2.50. The van der Waals surface area contributed by atoms with Crippen molar-refractivity contribution in [2.45, 2.75) is 57.9 Å². The van der Waals surface area contributed by atoms with Crippen LogP contribution in [0.3, 0.4) is 0 Å². The van der Waals surface area contributed by atoms with Gasteiger partial charge >= 0.3 is 6.09 Å². The van der Waals surface area contributed by atoms with Crippen LogP contribution < -0.4 is 10.0 Å². The summed E-state index contributed by atoms with van der Waals surface area (Å²) in [5.74, 6) is -0.163. The first-order chi connectivity index (χ1) is 9.89. The zero-order chi connectivity index (χ0) is 17.6. The van der Waals surface area contributed by atoms with Crippen molar-refractivity contribution in [3.05, 3.63) is 0 Å². The molecule has 0 aromatic rings. The second kappa shape index (κ2) is 8.61. The molecular formula is C13H26N2O5S2. The van der Waals surface area contributed by atoms with Crippen LogP contribution in [-0.2, 0) is 19.6 Å². The average Bonchev–Trinajstić information content (AvgIpc) is 2.31. The molecule has 22 heavy (non-hydrogen) atoms. The van der Waals surface area contributed by atoms with E-state index in [1.54, 1.807) is 20.8 Å². The molecule has 0 aliphatic carbocycles. The Morgan fingerprint density at radius 3 is 2.18 bits per heavy atom. The minimum Gasteiger partial charge on any atom is -0.444 e. The number of ether oxygens (including phenoxy) is 1. The predicted octanol–water partition coefficient (Wildman–Crippen LogP) is 1.49. The zero-order valence-corrected chi connectivity index (χ0v) is 15.6. The smallest absolute Gasteiger partial charge is 0.408 e. The molecule has 0 fully saturated rings. The molecule has 2 N–H and O–H groups in total. The number of alkyl carbamates (subject to hydrolysis) is 1. The Balaban J connectivity index is 4.90. The van der Waals surface area contributed by atoms with E-state index in [1.807, 2.05) is 11.0 Å². The maximum atomic E-state index is 12.1. The Morgan fingerprint density at radius 2 is 1.77 bits per heavy atom. The molecule has 7 nitrogen and oxygen atoms in total. The lowest BCUT2D eigenvalue weighted by Gasteiger charge is -2.23. The van der Waals surface area contributed by atoms with Crippen LogP contribution >= 0.6 is 11.8 Å². The Bertz CT molecular complexity index is 483. The van der Waals surface area contributed by atoms with Crippen molar-refractivity contribution in [1.29, 1.82) is 0 Å². The van der Waals surface area contributed by atoms with Crippen LogP contribution in [0.4, 0.5) is 4.79 Å². The average molecular weight is 354 g/mol. The van der Waals surface area contributed by atoms with Gasteiger partial charge in [-0.2, -0.15) is 11.8 Å². The van der Waals surface area contributed by atoms with Crippen LogP contribution in [0.5, 0.6) is 0 Å². The topological polar surface area (TPSA) is 102 Å². The summed E-state index contributed by atoms with van der Waals surface area (Å²) in [6.07, 6.45) is 1.41. The summed E-state index contributed by atoms with van der Waals surface area (Å²) < 4.78 is 30.6. The molecule has 0 aromatic carbocycles. The number of carbonyl (C=O) groups is 2. The van der Waals surface area contributed by atoms with E-state index in [2.05, 4.69) is 5.32 Å². The fourth-order valence-corrected chi connectivity index (χ4v) is 2.41. The van der Waals surface area contributed by atoms with Gasteiger partial charge < -0.3 is 10.1 Å². The maximum absolute atomic E-state index is 12.1. The van der Waals surface area contributed by atoms with Gasteiger partial charge in [-0.05, 0) is 53.0 Å². The molecule has 0 heterocycles. The molecule has 1 atom stereocenters. The summed E-state index contributed by atoms with van der Waals surface area (Å²) in [4.78, 5) is 23.9. The lowest BCUT2D eigenvalue weighted by molar-refractivity contribution is -0.121. The highest BCUT2D eigenvalue weighted by molar-refractivity contribution is 7.98. The summed E-state index contributed by atoms with van der Waals surface area (Å²) in [5.41, 5.74) is -0.700. The third-order valence-corrected chi connectivity index (χ3v) is 4.85. The minimum atomic E-state index is -3.74. The normalized spacial score (nSPS) is 13.6. The Morgan fingerprint density at radius 1 is 1.23 bits per heavy atom. The summed E-state index contributed by atoms with van der Waals surface area (Å²) in [6, 6.07) is -0.962. The number of hydrogen-bond acceptors (Lipinski definition) is 6. The van der Waals surface area contributed by atoms with Gasteiger partial charge in [-0.3, -0.25) is 9.52 Å². The summed E-state index contributed by atoms with van der Waals surface area (Å²) in [5, 5.41) is 1.68. The van der Waals surface area contributed by atoms with Crippen LogP contribution in [0.15, 0.2) is 0 Å². The first-order valence-electron chi connectivity index (χ1n) is 6.93. The van der Waals surface area contributed by atoms with Gasteiger partial charge in [-0.1, -0.05) is 0 Å². The van der Waals surface area contributed by atoms with Crippen molar-refractivity contribution in [3.63, 3.8) is 0 Å². The number of hydrogen-bond donors (Lipinski definition) is 2. The molecular weight excluding hydrogens is 328 g/mol. The summed E-state index contributed by atoms with van der Waals surface area (Å²) >= 11 is 1.49. The van der Waals surface area contributed by atoms with Crippen molar-refractivity contribution in [2.75, 3.05) is 12.0 Å². The van der Waals surface area contributed by atoms with E-state index in [4.69, 9.17) is 4.74 Å². The molecule has 0 spiro atoms. The van der Waals surface area contributed by atoms with Crippen molar-refractivity contribution >= 4 is 33.8 Å². The molecule has 0 saturated carbocycles. The quantitative estimate of drug-likeness (QED) is 0.718. The molecule has 130 valence electrons. The molecule has 0 bridgehead atoms. The maximum Gasteiger partial charge on any atom is 0.408 e. The van der Waals surface area contributed by atoms with Crippen LogP contribution in [0.2, 0.25) is 0 Å². The highest BCUT2D eigenvalue weighted by Crippen LogP contribution is 2.08. The molecule has 0 unspecified atom stereocenters. The summed E-state index contributed by atoms with van der Waals surface area (Å²) in [6.45, 7) is 8.04. The van der Waals surface area contributed by atoms with E-state index in [0.717, 1.165) is 0 Å². The van der Waals surface area contributed by atoms with E-state index in [1.165, 1.54) is 25.6 Å². The number of nitrogens with one attached hydrogen (secondary N) is 2. The van der Waals surface area contributed by atoms with Gasteiger partial charge in [-0.15, -0.1) is 0 Å². The fraction of sp³-hybridized carbons (Fsp3) is 0.846. The van der Waals surface area contributed by atoms with E-state index in [9.17, 15) is 18.0 Å². The predicted molar refractivity (Wildman–Crippen MR) is 88.4 cm³/mol. The first-order valence-corrected chi connectivity index (χ1v) is 9.87. The van der Waals surface area contributed by atoms with Crippen molar-refractivity contribution in [3.8, 4) is 0 Å². The SMILES string of the molecule is CSCC[C@H](NC(=O)OC(C)(C)C)C(=O)NS(=O)(=O)C(C)C. The van der Waals surface area contributed by atoms with Crippen molar-refractivity contribution in [2.24, 2.45) is 0 Å².